The molecule has 1 amide bonds. The molecule has 1 aliphatic heterocycles. The first-order valence-electron chi connectivity index (χ1n) is 14.2. The van der Waals surface area contributed by atoms with Crippen molar-refractivity contribution in [2.45, 2.75) is 38.6 Å². The van der Waals surface area contributed by atoms with E-state index in [2.05, 4.69) is 20.0 Å². The second-order valence-electron chi connectivity index (χ2n) is 9.63. The molecule has 1 aromatic heterocycles. The lowest BCUT2D eigenvalue weighted by Crippen LogP contribution is -2.38. The second-order valence-corrected chi connectivity index (χ2v) is 9.63. The number of benzene rings is 1. The highest BCUT2D eigenvalue weighted by Gasteiger charge is 2.31. The molecule has 228 valence electrons. The molecule has 1 atom stereocenters. The smallest absolute Gasteiger partial charge is 0.306 e. The number of azide groups is 1. The van der Waals surface area contributed by atoms with Crippen molar-refractivity contribution in [2.24, 2.45) is 11.0 Å². The average Bonchev–Trinajstić information content (AvgIpc) is 3.13. The van der Waals surface area contributed by atoms with E-state index >= 15 is 0 Å². The summed E-state index contributed by atoms with van der Waals surface area (Å²) in [4.78, 5) is 38.3. The highest BCUT2D eigenvalue weighted by atomic mass is 16.5. The van der Waals surface area contributed by atoms with Crippen molar-refractivity contribution >= 4 is 11.9 Å². The number of carbonyl (C=O) groups excluding carboxylic acids is 2. The summed E-state index contributed by atoms with van der Waals surface area (Å²) in [5.41, 5.74) is 10.2. The van der Waals surface area contributed by atoms with Crippen molar-refractivity contribution in [3.63, 3.8) is 0 Å². The number of esters is 1. The van der Waals surface area contributed by atoms with Crippen LogP contribution >= 0.6 is 0 Å². The van der Waals surface area contributed by atoms with Gasteiger partial charge in [-0.05, 0) is 54.1 Å². The first kappa shape index (κ1) is 32.7. The standard InChI is InChI=1S/C29H40N6O7/c1-38-28(36)21-24-19-23-6-7-26(42-12-3-2-5-27-31-8-4-9-32-27)20-25(23)22-35(29(24)37)11-14-40-16-18-41-17-15-39-13-10-33-34-30/h4,6-9,20,24H,2-3,5,10-19,21-22H2,1H3/t24-/m0/s1. The number of carbonyl (C=O) groups is 2. The zero-order chi connectivity index (χ0) is 29.8. The Balaban J connectivity index is 1.46. The minimum atomic E-state index is -0.507. The second kappa shape index (κ2) is 19.4. The molecule has 0 radical (unpaired) electrons. The molecule has 0 bridgehead atoms. The minimum Gasteiger partial charge on any atom is -0.494 e. The van der Waals surface area contributed by atoms with E-state index < -0.39 is 11.9 Å². The van der Waals surface area contributed by atoms with Gasteiger partial charge in [-0.1, -0.05) is 11.2 Å². The van der Waals surface area contributed by atoms with Gasteiger partial charge in [-0.25, -0.2) is 9.97 Å². The van der Waals surface area contributed by atoms with Crippen LogP contribution in [0.15, 0.2) is 41.8 Å². The molecule has 13 nitrogen and oxygen atoms in total. The molecule has 0 saturated heterocycles. The van der Waals surface area contributed by atoms with Crippen LogP contribution in [-0.4, -0.2) is 93.2 Å². The number of ether oxygens (including phenoxy) is 5. The lowest BCUT2D eigenvalue weighted by Gasteiger charge is -2.24. The van der Waals surface area contributed by atoms with E-state index in [1.807, 2.05) is 18.2 Å². The number of nitrogens with zero attached hydrogens (tertiary/aromatic N) is 6. The number of aromatic nitrogens is 2. The third-order valence-electron chi connectivity index (χ3n) is 6.64. The normalized spacial score (nSPS) is 14.5. The highest BCUT2D eigenvalue weighted by Crippen LogP contribution is 2.28. The van der Waals surface area contributed by atoms with Crippen molar-refractivity contribution in [3.05, 3.63) is 64.1 Å². The molecule has 0 fully saturated rings. The Hall–Kier alpha value is -3.77. The summed E-state index contributed by atoms with van der Waals surface area (Å²) in [5.74, 6) is 0.564. The van der Waals surface area contributed by atoms with Gasteiger partial charge in [0, 0.05) is 43.4 Å². The molecule has 0 spiro atoms. The molecule has 0 N–H and O–H groups in total. The largest absolute Gasteiger partial charge is 0.494 e. The third-order valence-corrected chi connectivity index (χ3v) is 6.64. The molecule has 0 saturated carbocycles. The van der Waals surface area contributed by atoms with Crippen LogP contribution in [0.2, 0.25) is 0 Å². The Morgan fingerprint density at radius 3 is 2.50 bits per heavy atom. The molecule has 1 aromatic carbocycles. The quantitative estimate of drug-likeness (QED) is 0.0748. The average molecular weight is 585 g/mol. The van der Waals surface area contributed by atoms with Crippen LogP contribution < -0.4 is 4.74 Å². The maximum atomic E-state index is 13.4. The number of amides is 1. The number of hydrogen-bond acceptors (Lipinski definition) is 10. The first-order valence-corrected chi connectivity index (χ1v) is 14.2. The Labute approximate surface area is 246 Å². The Morgan fingerprint density at radius 2 is 1.76 bits per heavy atom. The summed E-state index contributed by atoms with van der Waals surface area (Å²) in [7, 11) is 1.33. The molecule has 2 heterocycles. The van der Waals surface area contributed by atoms with Gasteiger partial charge in [0.05, 0.1) is 65.7 Å². The maximum Gasteiger partial charge on any atom is 0.306 e. The Morgan fingerprint density at radius 1 is 1.02 bits per heavy atom. The van der Waals surface area contributed by atoms with Gasteiger partial charge in [-0.2, -0.15) is 0 Å². The van der Waals surface area contributed by atoms with Gasteiger partial charge in [0.2, 0.25) is 5.91 Å². The van der Waals surface area contributed by atoms with E-state index in [9.17, 15) is 9.59 Å². The van der Waals surface area contributed by atoms with E-state index in [0.717, 1.165) is 42.0 Å². The molecule has 0 aliphatic carbocycles. The van der Waals surface area contributed by atoms with Crippen LogP contribution in [0.5, 0.6) is 5.75 Å². The molecule has 1 aliphatic rings. The lowest BCUT2D eigenvalue weighted by atomic mass is 9.94. The van der Waals surface area contributed by atoms with Gasteiger partial charge in [0.1, 0.15) is 11.6 Å². The Bertz CT molecular complexity index is 1150. The van der Waals surface area contributed by atoms with Gasteiger partial charge in [0.15, 0.2) is 0 Å². The zero-order valence-corrected chi connectivity index (χ0v) is 24.2. The fourth-order valence-electron chi connectivity index (χ4n) is 4.47. The topological polar surface area (TPSA) is 158 Å². The van der Waals surface area contributed by atoms with E-state index in [4.69, 9.17) is 29.2 Å². The first-order chi connectivity index (χ1) is 20.6. The molecule has 42 heavy (non-hydrogen) atoms. The predicted octanol–water partition coefficient (Wildman–Crippen LogP) is 3.30. The summed E-state index contributed by atoms with van der Waals surface area (Å²) in [6.07, 6.45) is 6.56. The van der Waals surface area contributed by atoms with E-state index in [1.54, 1.807) is 23.4 Å². The highest BCUT2D eigenvalue weighted by molar-refractivity contribution is 5.84. The van der Waals surface area contributed by atoms with Crippen molar-refractivity contribution in [1.29, 1.82) is 0 Å². The SMILES string of the molecule is COC(=O)C[C@@H]1Cc2ccc(OCCCCc3ncccn3)cc2CN(CCOCCOCCOCCN=[N+]=[N-])C1=O. The number of fused-ring (bicyclic) bond motifs is 1. The fourth-order valence-corrected chi connectivity index (χ4v) is 4.47. The van der Waals surface area contributed by atoms with E-state index in [-0.39, 0.29) is 12.3 Å². The number of aryl methyl sites for hydroxylation is 1. The summed E-state index contributed by atoms with van der Waals surface area (Å²) in [5, 5.41) is 3.39. The van der Waals surface area contributed by atoms with Gasteiger partial charge < -0.3 is 28.6 Å². The molecule has 0 unspecified atom stereocenters. The van der Waals surface area contributed by atoms with Crippen LogP contribution in [-0.2, 0) is 47.9 Å². The van der Waals surface area contributed by atoms with E-state index in [1.165, 1.54) is 7.11 Å². The van der Waals surface area contributed by atoms with Crippen LogP contribution in [0.1, 0.15) is 36.2 Å². The van der Waals surface area contributed by atoms with Gasteiger partial charge in [0.25, 0.3) is 0 Å². The Kier molecular flexibility index (Phi) is 15.1. The summed E-state index contributed by atoms with van der Waals surface area (Å²) >= 11 is 0. The molecular weight excluding hydrogens is 544 g/mol. The predicted molar refractivity (Wildman–Crippen MR) is 153 cm³/mol. The monoisotopic (exact) mass is 584 g/mol. The van der Waals surface area contributed by atoms with E-state index in [0.29, 0.717) is 72.3 Å². The van der Waals surface area contributed by atoms with Crippen LogP contribution in [0.25, 0.3) is 10.4 Å². The van der Waals surface area contributed by atoms with Crippen LogP contribution in [0.4, 0.5) is 0 Å². The van der Waals surface area contributed by atoms with Crippen molar-refractivity contribution < 1.29 is 33.3 Å². The summed E-state index contributed by atoms with van der Waals surface area (Å²) in [6, 6.07) is 7.69. The molecule has 3 rings (SSSR count). The third kappa shape index (κ3) is 12.0. The molecule has 13 heteroatoms. The number of unbranched alkanes of at least 4 members (excludes halogenated alkanes) is 1. The zero-order valence-electron chi connectivity index (χ0n) is 24.2. The number of methoxy groups -OCH3 is 1. The molecule has 2 aromatic rings. The van der Waals surface area contributed by atoms with Gasteiger partial charge >= 0.3 is 5.97 Å². The minimum absolute atomic E-state index is 0.0221. The van der Waals surface area contributed by atoms with Crippen molar-refractivity contribution in [2.75, 3.05) is 66.4 Å². The number of hydrogen-bond donors (Lipinski definition) is 0. The van der Waals surface area contributed by atoms with Crippen molar-refractivity contribution in [1.82, 2.24) is 14.9 Å². The summed E-state index contributed by atoms with van der Waals surface area (Å²) < 4.78 is 27.3. The van der Waals surface area contributed by atoms with Gasteiger partial charge in [-0.15, -0.1) is 0 Å². The molecular formula is C29H40N6O7. The lowest BCUT2D eigenvalue weighted by molar-refractivity contribution is -0.147. The van der Waals surface area contributed by atoms with Crippen molar-refractivity contribution in [3.8, 4) is 5.75 Å². The maximum absolute atomic E-state index is 13.4. The fraction of sp³-hybridized carbons (Fsp3) is 0.586. The van der Waals surface area contributed by atoms with Crippen LogP contribution in [0, 0.1) is 5.92 Å². The van der Waals surface area contributed by atoms with Gasteiger partial charge in [-0.3, -0.25) is 9.59 Å². The van der Waals surface area contributed by atoms with Crippen LogP contribution in [0.3, 0.4) is 0 Å². The summed E-state index contributed by atoms with van der Waals surface area (Å²) in [6.45, 7) is 3.90. The number of rotatable bonds is 20.